The highest BCUT2D eigenvalue weighted by atomic mass is 32.1. The number of H-pyrrole nitrogens is 1. The molecule has 2 N–H and O–H groups in total. The van der Waals surface area contributed by atoms with Crippen molar-refractivity contribution in [3.05, 3.63) is 28.8 Å². The third-order valence-electron chi connectivity index (χ3n) is 1.58. The zero-order valence-corrected chi connectivity index (χ0v) is 7.34. The van der Waals surface area contributed by atoms with Gasteiger partial charge in [-0.1, -0.05) is 0 Å². The SMILES string of the molecule is O=C(O)c1nc(-c2cc[nH]c2)cs1. The van der Waals surface area contributed by atoms with Crippen molar-refractivity contribution in [3.63, 3.8) is 0 Å². The van der Waals surface area contributed by atoms with E-state index >= 15 is 0 Å². The number of hydrogen-bond donors (Lipinski definition) is 2. The summed E-state index contributed by atoms with van der Waals surface area (Å²) in [5.41, 5.74) is 1.60. The monoisotopic (exact) mass is 194 g/mol. The van der Waals surface area contributed by atoms with E-state index in [1.54, 1.807) is 17.8 Å². The first-order valence-corrected chi connectivity index (χ1v) is 4.47. The number of nitrogens with one attached hydrogen (secondary N) is 1. The highest BCUT2D eigenvalue weighted by molar-refractivity contribution is 7.11. The van der Waals surface area contributed by atoms with Crippen molar-refractivity contribution >= 4 is 17.3 Å². The zero-order chi connectivity index (χ0) is 9.26. The molecule has 0 aromatic carbocycles. The largest absolute Gasteiger partial charge is 0.476 e. The van der Waals surface area contributed by atoms with Crippen LogP contribution in [-0.4, -0.2) is 21.0 Å². The fourth-order valence-corrected chi connectivity index (χ4v) is 1.65. The third kappa shape index (κ3) is 1.46. The molecule has 0 fully saturated rings. The van der Waals surface area contributed by atoms with Gasteiger partial charge in [-0.2, -0.15) is 0 Å². The van der Waals surface area contributed by atoms with E-state index in [1.807, 2.05) is 6.07 Å². The van der Waals surface area contributed by atoms with Crippen LogP contribution in [0.5, 0.6) is 0 Å². The Labute approximate surface area is 77.9 Å². The van der Waals surface area contributed by atoms with E-state index < -0.39 is 5.97 Å². The minimum Gasteiger partial charge on any atom is -0.476 e. The smallest absolute Gasteiger partial charge is 0.365 e. The normalized spacial score (nSPS) is 10.2. The van der Waals surface area contributed by atoms with Crippen molar-refractivity contribution < 1.29 is 9.90 Å². The van der Waals surface area contributed by atoms with Crippen LogP contribution in [0.25, 0.3) is 11.3 Å². The predicted molar refractivity (Wildman–Crippen MR) is 48.9 cm³/mol. The summed E-state index contributed by atoms with van der Waals surface area (Å²) in [6.45, 7) is 0. The third-order valence-corrected chi connectivity index (χ3v) is 2.41. The maximum atomic E-state index is 10.5. The van der Waals surface area contributed by atoms with Crippen LogP contribution in [0.2, 0.25) is 0 Å². The Morgan fingerprint density at radius 1 is 1.62 bits per heavy atom. The number of carboxylic acid groups (broad SMARTS) is 1. The molecule has 0 unspecified atom stereocenters. The fourth-order valence-electron chi connectivity index (χ4n) is 0.988. The average Bonchev–Trinajstić information content (AvgIpc) is 2.75. The molecule has 0 aliphatic rings. The van der Waals surface area contributed by atoms with Crippen molar-refractivity contribution in [3.8, 4) is 11.3 Å². The van der Waals surface area contributed by atoms with Crippen LogP contribution in [0.4, 0.5) is 0 Å². The first-order valence-electron chi connectivity index (χ1n) is 3.59. The van der Waals surface area contributed by atoms with Crippen molar-refractivity contribution in [1.29, 1.82) is 0 Å². The molecular formula is C8H6N2O2S. The molecule has 0 amide bonds. The summed E-state index contributed by atoms with van der Waals surface area (Å²) in [6.07, 6.45) is 3.55. The van der Waals surface area contributed by atoms with Crippen LogP contribution in [0.1, 0.15) is 9.80 Å². The lowest BCUT2D eigenvalue weighted by atomic mass is 10.3. The van der Waals surface area contributed by atoms with Crippen molar-refractivity contribution in [2.75, 3.05) is 0 Å². The topological polar surface area (TPSA) is 66.0 Å². The molecule has 13 heavy (non-hydrogen) atoms. The number of aromatic amines is 1. The molecule has 2 rings (SSSR count). The number of aromatic carboxylic acids is 1. The Bertz CT molecular complexity index is 419. The van der Waals surface area contributed by atoms with Gasteiger partial charge in [0.05, 0.1) is 5.69 Å². The van der Waals surface area contributed by atoms with Crippen molar-refractivity contribution in [2.45, 2.75) is 0 Å². The standard InChI is InChI=1S/C8H6N2O2S/c11-8(12)7-10-6(4-13-7)5-1-2-9-3-5/h1-4,9H,(H,11,12). The summed E-state index contributed by atoms with van der Waals surface area (Å²) >= 11 is 1.13. The molecule has 0 saturated heterocycles. The second-order valence-electron chi connectivity index (χ2n) is 2.44. The van der Waals surface area contributed by atoms with E-state index in [4.69, 9.17) is 5.11 Å². The molecule has 2 aromatic rings. The molecule has 0 bridgehead atoms. The van der Waals surface area contributed by atoms with Gasteiger partial charge in [0.1, 0.15) is 0 Å². The molecule has 66 valence electrons. The number of carbonyl (C=O) groups is 1. The lowest BCUT2D eigenvalue weighted by molar-refractivity contribution is 0.0696. The van der Waals surface area contributed by atoms with Crippen LogP contribution >= 0.6 is 11.3 Å². The molecule has 0 aliphatic carbocycles. The van der Waals surface area contributed by atoms with E-state index in [-0.39, 0.29) is 5.01 Å². The number of rotatable bonds is 2. The highest BCUT2D eigenvalue weighted by Crippen LogP contribution is 2.20. The van der Waals surface area contributed by atoms with Crippen LogP contribution in [0.3, 0.4) is 0 Å². The van der Waals surface area contributed by atoms with E-state index in [2.05, 4.69) is 9.97 Å². The Hall–Kier alpha value is -1.62. The quantitative estimate of drug-likeness (QED) is 0.766. The number of aromatic nitrogens is 2. The van der Waals surface area contributed by atoms with E-state index in [9.17, 15) is 4.79 Å². The maximum Gasteiger partial charge on any atom is 0.365 e. The van der Waals surface area contributed by atoms with Gasteiger partial charge in [-0.3, -0.25) is 0 Å². The van der Waals surface area contributed by atoms with Gasteiger partial charge in [0.15, 0.2) is 0 Å². The molecule has 0 saturated carbocycles. The number of thiazole rings is 1. The first kappa shape index (κ1) is 8.00. The zero-order valence-electron chi connectivity index (χ0n) is 6.52. The predicted octanol–water partition coefficient (Wildman–Crippen LogP) is 1.84. The summed E-state index contributed by atoms with van der Waals surface area (Å²) < 4.78 is 0. The van der Waals surface area contributed by atoms with Crippen molar-refractivity contribution in [2.24, 2.45) is 0 Å². The van der Waals surface area contributed by atoms with Gasteiger partial charge in [0.2, 0.25) is 5.01 Å². The summed E-state index contributed by atoms with van der Waals surface area (Å²) in [7, 11) is 0. The Morgan fingerprint density at radius 3 is 3.00 bits per heavy atom. The number of carboxylic acids is 1. The van der Waals surface area contributed by atoms with Gasteiger partial charge < -0.3 is 10.1 Å². The first-order chi connectivity index (χ1) is 6.27. The fraction of sp³-hybridized carbons (Fsp3) is 0. The maximum absolute atomic E-state index is 10.5. The van der Waals surface area contributed by atoms with Crippen LogP contribution in [-0.2, 0) is 0 Å². The Morgan fingerprint density at radius 2 is 2.46 bits per heavy atom. The van der Waals surface area contributed by atoms with Crippen molar-refractivity contribution in [1.82, 2.24) is 9.97 Å². The molecule has 0 spiro atoms. The molecule has 0 aliphatic heterocycles. The molecule has 2 aromatic heterocycles. The number of hydrogen-bond acceptors (Lipinski definition) is 3. The van der Waals surface area contributed by atoms with Gasteiger partial charge in [-0.05, 0) is 6.07 Å². The highest BCUT2D eigenvalue weighted by Gasteiger charge is 2.09. The summed E-state index contributed by atoms with van der Waals surface area (Å²) in [5, 5.41) is 10.5. The van der Waals surface area contributed by atoms with Gasteiger partial charge in [0, 0.05) is 23.3 Å². The molecule has 2 heterocycles. The van der Waals surface area contributed by atoms with Crippen LogP contribution in [0, 0.1) is 0 Å². The Kier molecular flexibility index (Phi) is 1.86. The van der Waals surface area contributed by atoms with Gasteiger partial charge in [-0.15, -0.1) is 11.3 Å². The second-order valence-corrected chi connectivity index (χ2v) is 3.30. The van der Waals surface area contributed by atoms with Crippen LogP contribution in [0.15, 0.2) is 23.8 Å². The minimum atomic E-state index is -0.980. The Balaban J connectivity index is 2.39. The summed E-state index contributed by atoms with van der Waals surface area (Å²) in [4.78, 5) is 17.4. The second kappa shape index (κ2) is 3.02. The van der Waals surface area contributed by atoms with Gasteiger partial charge in [-0.25, -0.2) is 9.78 Å². The molecule has 0 radical (unpaired) electrons. The van der Waals surface area contributed by atoms with Gasteiger partial charge >= 0.3 is 5.97 Å². The van der Waals surface area contributed by atoms with Gasteiger partial charge in [0.25, 0.3) is 0 Å². The average molecular weight is 194 g/mol. The lowest BCUT2D eigenvalue weighted by Crippen LogP contribution is -1.93. The minimum absolute atomic E-state index is 0.121. The molecule has 5 heteroatoms. The summed E-state index contributed by atoms with van der Waals surface area (Å²) in [5.74, 6) is -0.980. The molecule has 4 nitrogen and oxygen atoms in total. The lowest BCUT2D eigenvalue weighted by Gasteiger charge is -1.86. The van der Waals surface area contributed by atoms with E-state index in [0.717, 1.165) is 16.9 Å². The van der Waals surface area contributed by atoms with Crippen LogP contribution < -0.4 is 0 Å². The molecule has 0 atom stereocenters. The molecular weight excluding hydrogens is 188 g/mol. The summed E-state index contributed by atoms with van der Waals surface area (Å²) in [6, 6.07) is 1.85. The van der Waals surface area contributed by atoms with E-state index in [1.165, 1.54) is 0 Å². The number of nitrogens with zero attached hydrogens (tertiary/aromatic N) is 1. The van der Waals surface area contributed by atoms with E-state index in [0.29, 0.717) is 5.69 Å².